The van der Waals surface area contributed by atoms with Gasteiger partial charge >= 0.3 is 0 Å². The molecule has 152 valence electrons. The monoisotopic (exact) mass is 410 g/mol. The van der Waals surface area contributed by atoms with Gasteiger partial charge in [0, 0.05) is 23.3 Å². The summed E-state index contributed by atoms with van der Waals surface area (Å²) in [5, 5.41) is 8.54. The fourth-order valence-corrected chi connectivity index (χ4v) is 3.10. The Kier molecular flexibility index (Phi) is 6.94. The number of ether oxygens (including phenoxy) is 1. The van der Waals surface area contributed by atoms with Crippen molar-refractivity contribution in [2.75, 3.05) is 0 Å². The third-order valence-electron chi connectivity index (χ3n) is 4.86. The van der Waals surface area contributed by atoms with E-state index in [1.807, 2.05) is 62.5 Å². The van der Waals surface area contributed by atoms with Crippen molar-refractivity contribution < 1.29 is 4.74 Å². The minimum Gasteiger partial charge on any atom is -0.437 e. The molecule has 1 aromatic heterocycles. The molecule has 0 unspecified atom stereocenters. The zero-order valence-corrected chi connectivity index (χ0v) is 18.1. The van der Waals surface area contributed by atoms with Crippen molar-refractivity contribution in [3.8, 4) is 17.3 Å². The number of nitrogens with zero attached hydrogens (tertiary/aromatic N) is 3. The third kappa shape index (κ3) is 5.39. The first-order chi connectivity index (χ1) is 14.0. The number of benzene rings is 2. The topological polar surface area (TPSA) is 51.4 Å². The molecule has 0 saturated carbocycles. The van der Waals surface area contributed by atoms with Crippen LogP contribution in [0.15, 0.2) is 53.7 Å². The van der Waals surface area contributed by atoms with Crippen molar-refractivity contribution >= 4 is 23.6 Å². The van der Waals surface area contributed by atoms with Crippen LogP contribution in [-0.4, -0.2) is 22.2 Å². The average Bonchev–Trinajstić information content (AvgIpc) is 3.18. The summed E-state index contributed by atoms with van der Waals surface area (Å²) in [6.07, 6.45) is 5.82. The number of aryl methyl sites for hydroxylation is 2. The van der Waals surface area contributed by atoms with Crippen LogP contribution in [0.4, 0.5) is 5.69 Å². The fraction of sp³-hybridized carbons (Fsp3) is 0.304. The van der Waals surface area contributed by atoms with E-state index < -0.39 is 0 Å². The molecule has 1 heterocycles. The number of nitrogens with one attached hydrogen (secondary N) is 1. The van der Waals surface area contributed by atoms with Gasteiger partial charge in [-0.05, 0) is 74.2 Å². The molecule has 3 rings (SSSR count). The van der Waals surface area contributed by atoms with Crippen molar-refractivity contribution in [2.24, 2.45) is 4.99 Å². The molecular formula is C23H27ClN4O. The number of aliphatic imine (C=N–C) groups is 1. The maximum absolute atomic E-state index is 6.02. The first-order valence-corrected chi connectivity index (χ1v) is 10.3. The van der Waals surface area contributed by atoms with E-state index in [0.717, 1.165) is 41.1 Å². The number of halogens is 1. The molecule has 29 heavy (non-hydrogen) atoms. The van der Waals surface area contributed by atoms with E-state index in [9.17, 15) is 0 Å². The lowest BCUT2D eigenvalue weighted by Crippen LogP contribution is -2.25. The van der Waals surface area contributed by atoms with Crippen molar-refractivity contribution in [1.82, 2.24) is 15.1 Å². The molecule has 0 fully saturated rings. The Hall–Kier alpha value is -2.79. The Morgan fingerprint density at radius 1 is 1.10 bits per heavy atom. The smallest absolute Gasteiger partial charge is 0.238 e. The second-order valence-electron chi connectivity index (χ2n) is 7.02. The van der Waals surface area contributed by atoms with Gasteiger partial charge in [-0.2, -0.15) is 0 Å². The van der Waals surface area contributed by atoms with E-state index in [-0.39, 0.29) is 0 Å². The van der Waals surface area contributed by atoms with E-state index in [0.29, 0.717) is 16.9 Å². The van der Waals surface area contributed by atoms with Gasteiger partial charge in [-0.15, -0.1) is 5.10 Å². The minimum absolute atomic E-state index is 0.457. The molecule has 5 nitrogen and oxygen atoms in total. The number of rotatable bonds is 8. The molecule has 0 aliphatic rings. The Bertz CT molecular complexity index is 975. The van der Waals surface area contributed by atoms with Gasteiger partial charge in [0.25, 0.3) is 0 Å². The van der Waals surface area contributed by atoms with Gasteiger partial charge in [0.1, 0.15) is 5.75 Å². The van der Waals surface area contributed by atoms with Crippen LogP contribution in [0.5, 0.6) is 11.6 Å². The van der Waals surface area contributed by atoms with Gasteiger partial charge in [0.05, 0.1) is 17.7 Å². The van der Waals surface area contributed by atoms with E-state index in [2.05, 4.69) is 29.3 Å². The molecule has 1 N–H and O–H groups in total. The van der Waals surface area contributed by atoms with Crippen LogP contribution in [0, 0.1) is 13.8 Å². The van der Waals surface area contributed by atoms with E-state index >= 15 is 0 Å². The minimum atomic E-state index is 0.457. The van der Waals surface area contributed by atoms with Gasteiger partial charge in [-0.1, -0.05) is 25.4 Å². The summed E-state index contributed by atoms with van der Waals surface area (Å²) in [6, 6.07) is 13.8. The zero-order valence-electron chi connectivity index (χ0n) is 17.3. The number of aromatic nitrogens is 2. The van der Waals surface area contributed by atoms with Gasteiger partial charge in [0.15, 0.2) is 0 Å². The first kappa shape index (κ1) is 20.9. The SMILES string of the molecule is CCC(CC)N/C=N/c1cc(C)c(Oc2ccn(-c3ccc(Cl)cc3)n2)cc1C. The highest BCUT2D eigenvalue weighted by molar-refractivity contribution is 6.30. The largest absolute Gasteiger partial charge is 0.437 e. The summed E-state index contributed by atoms with van der Waals surface area (Å²) in [5.74, 6) is 1.31. The average molecular weight is 411 g/mol. The van der Waals surface area contributed by atoms with Crippen LogP contribution in [0.25, 0.3) is 5.69 Å². The van der Waals surface area contributed by atoms with Crippen molar-refractivity contribution in [2.45, 2.75) is 46.6 Å². The van der Waals surface area contributed by atoms with Gasteiger partial charge in [-0.25, -0.2) is 9.67 Å². The lowest BCUT2D eigenvalue weighted by atomic mass is 10.1. The summed E-state index contributed by atoms with van der Waals surface area (Å²) < 4.78 is 7.78. The lowest BCUT2D eigenvalue weighted by molar-refractivity contribution is 0.454. The number of hydrogen-bond acceptors (Lipinski definition) is 3. The van der Waals surface area contributed by atoms with Crippen LogP contribution in [0.1, 0.15) is 37.8 Å². The molecule has 3 aromatic rings. The highest BCUT2D eigenvalue weighted by Gasteiger charge is 2.09. The van der Waals surface area contributed by atoms with Crippen LogP contribution in [-0.2, 0) is 0 Å². The Morgan fingerprint density at radius 3 is 2.52 bits per heavy atom. The summed E-state index contributed by atoms with van der Waals surface area (Å²) >= 11 is 5.95. The van der Waals surface area contributed by atoms with E-state index in [1.165, 1.54) is 0 Å². The van der Waals surface area contributed by atoms with Crippen LogP contribution in [0.3, 0.4) is 0 Å². The molecular weight excluding hydrogens is 384 g/mol. The van der Waals surface area contributed by atoms with E-state index in [4.69, 9.17) is 16.3 Å². The maximum Gasteiger partial charge on any atom is 0.238 e. The van der Waals surface area contributed by atoms with Crippen LogP contribution >= 0.6 is 11.6 Å². The predicted molar refractivity (Wildman–Crippen MR) is 120 cm³/mol. The predicted octanol–water partition coefficient (Wildman–Crippen LogP) is 6.37. The summed E-state index contributed by atoms with van der Waals surface area (Å²) in [7, 11) is 0. The fourth-order valence-electron chi connectivity index (χ4n) is 2.97. The molecule has 0 bridgehead atoms. The molecule has 2 aromatic carbocycles. The Balaban J connectivity index is 1.73. The third-order valence-corrected chi connectivity index (χ3v) is 5.12. The molecule has 0 atom stereocenters. The lowest BCUT2D eigenvalue weighted by Gasteiger charge is -2.12. The van der Waals surface area contributed by atoms with E-state index in [1.54, 1.807) is 11.0 Å². The van der Waals surface area contributed by atoms with Crippen molar-refractivity contribution in [1.29, 1.82) is 0 Å². The first-order valence-electron chi connectivity index (χ1n) is 9.89. The second kappa shape index (κ2) is 9.61. The van der Waals surface area contributed by atoms with Crippen molar-refractivity contribution in [3.63, 3.8) is 0 Å². The quantitative estimate of drug-likeness (QED) is 0.346. The maximum atomic E-state index is 6.02. The summed E-state index contributed by atoms with van der Waals surface area (Å²) in [6.45, 7) is 8.39. The highest BCUT2D eigenvalue weighted by atomic mass is 35.5. The summed E-state index contributed by atoms with van der Waals surface area (Å²) in [4.78, 5) is 4.58. The molecule has 0 amide bonds. The molecule has 0 spiro atoms. The van der Waals surface area contributed by atoms with Crippen LogP contribution < -0.4 is 10.1 Å². The van der Waals surface area contributed by atoms with Crippen LogP contribution in [0.2, 0.25) is 5.02 Å². The highest BCUT2D eigenvalue weighted by Crippen LogP contribution is 2.31. The second-order valence-corrected chi connectivity index (χ2v) is 7.46. The Labute approximate surface area is 177 Å². The Morgan fingerprint density at radius 2 is 1.83 bits per heavy atom. The van der Waals surface area contributed by atoms with Gasteiger partial charge in [-0.3, -0.25) is 0 Å². The van der Waals surface area contributed by atoms with Crippen molar-refractivity contribution in [3.05, 3.63) is 64.8 Å². The van der Waals surface area contributed by atoms with Gasteiger partial charge in [0.2, 0.25) is 5.88 Å². The molecule has 0 aliphatic heterocycles. The van der Waals surface area contributed by atoms with Gasteiger partial charge < -0.3 is 10.1 Å². The molecule has 6 heteroatoms. The molecule has 0 aliphatic carbocycles. The zero-order chi connectivity index (χ0) is 20.8. The normalized spacial score (nSPS) is 11.4. The molecule has 0 saturated heterocycles. The number of hydrogen-bond donors (Lipinski definition) is 1. The molecule has 0 radical (unpaired) electrons. The summed E-state index contributed by atoms with van der Waals surface area (Å²) in [5.41, 5.74) is 3.91. The standard InChI is InChI=1S/C23H27ClN4O/c1-5-19(6-2)25-15-26-21-13-17(4)22(14-16(21)3)29-23-11-12-28(27-23)20-9-7-18(24)8-10-20/h7-15,19H,5-6H2,1-4H3,(H,25,26).